The average molecular weight is 493 g/mol. The Labute approximate surface area is 203 Å². The minimum absolute atomic E-state index is 0.384. The summed E-state index contributed by atoms with van der Waals surface area (Å²) in [4.78, 5) is 12.8. The normalized spacial score (nSPS) is 11.7. The van der Waals surface area contributed by atoms with E-state index in [2.05, 4.69) is 10.4 Å². The van der Waals surface area contributed by atoms with Crippen LogP contribution in [0.1, 0.15) is 11.1 Å². The van der Waals surface area contributed by atoms with Crippen LogP contribution >= 0.6 is 11.6 Å². The van der Waals surface area contributed by atoms with Gasteiger partial charge in [0, 0.05) is 22.3 Å². The van der Waals surface area contributed by atoms with E-state index >= 15 is 0 Å². The first-order valence-corrected chi connectivity index (χ1v) is 10.6. The van der Waals surface area contributed by atoms with Crippen molar-refractivity contribution in [3.63, 3.8) is 0 Å². The van der Waals surface area contributed by atoms with Crippen molar-refractivity contribution in [2.24, 2.45) is 0 Å². The van der Waals surface area contributed by atoms with E-state index in [4.69, 9.17) is 11.6 Å². The molecule has 5 nitrogen and oxygen atoms in total. The Kier molecular flexibility index (Phi) is 6.71. The van der Waals surface area contributed by atoms with Crippen LogP contribution in [0.2, 0.25) is 5.02 Å². The predicted octanol–water partition coefficient (Wildman–Crippen LogP) is 6.76. The number of benzene rings is 3. The molecule has 35 heavy (non-hydrogen) atoms. The van der Waals surface area contributed by atoms with Crippen molar-refractivity contribution in [3.8, 4) is 23.0 Å². The van der Waals surface area contributed by atoms with Gasteiger partial charge in [-0.15, -0.1) is 0 Å². The van der Waals surface area contributed by atoms with Crippen molar-refractivity contribution in [2.45, 2.75) is 6.18 Å². The minimum atomic E-state index is -4.67. The molecule has 0 atom stereocenters. The third-order valence-electron chi connectivity index (χ3n) is 5.03. The second-order valence-electron chi connectivity index (χ2n) is 7.39. The van der Waals surface area contributed by atoms with Gasteiger partial charge >= 0.3 is 6.18 Å². The molecule has 0 spiro atoms. The Morgan fingerprint density at radius 3 is 2.31 bits per heavy atom. The highest BCUT2D eigenvalue weighted by Gasteiger charge is 2.33. The lowest BCUT2D eigenvalue weighted by Gasteiger charge is -2.13. The third kappa shape index (κ3) is 5.42. The molecule has 1 aromatic heterocycles. The van der Waals surface area contributed by atoms with Gasteiger partial charge in [0.05, 0.1) is 22.6 Å². The number of amides is 1. The summed E-state index contributed by atoms with van der Waals surface area (Å²) in [7, 11) is 0. The van der Waals surface area contributed by atoms with Crippen molar-refractivity contribution in [2.75, 3.05) is 5.32 Å². The molecule has 0 radical (unpaired) electrons. The zero-order chi connectivity index (χ0) is 25.0. The van der Waals surface area contributed by atoms with Gasteiger partial charge in [-0.3, -0.25) is 4.79 Å². The fraction of sp³-hybridized carbons (Fsp3) is 0.0385. The van der Waals surface area contributed by atoms with Crippen LogP contribution in [0.4, 0.5) is 18.9 Å². The molecule has 1 heterocycles. The molecular weight excluding hydrogens is 477 g/mol. The number of anilines is 1. The summed E-state index contributed by atoms with van der Waals surface area (Å²) in [6.07, 6.45) is -1.74. The van der Waals surface area contributed by atoms with E-state index < -0.39 is 23.3 Å². The zero-order valence-electron chi connectivity index (χ0n) is 17.9. The first-order valence-electron chi connectivity index (χ1n) is 10.3. The number of carbonyl (C=O) groups is 1. The van der Waals surface area contributed by atoms with Gasteiger partial charge in [-0.2, -0.15) is 23.5 Å². The summed E-state index contributed by atoms with van der Waals surface area (Å²) in [5, 5.41) is 17.0. The maximum Gasteiger partial charge on any atom is 0.418 e. The smallest absolute Gasteiger partial charge is 0.321 e. The molecule has 0 saturated carbocycles. The molecule has 9 heteroatoms. The Morgan fingerprint density at radius 1 is 1.00 bits per heavy atom. The Hall–Kier alpha value is -4.35. The minimum Gasteiger partial charge on any atom is -0.321 e. The zero-order valence-corrected chi connectivity index (χ0v) is 18.7. The lowest BCUT2D eigenvalue weighted by molar-refractivity contribution is -0.137. The molecule has 0 bridgehead atoms. The number of aromatic nitrogens is 2. The number of rotatable bonds is 5. The first kappa shape index (κ1) is 23.8. The molecule has 0 aliphatic rings. The largest absolute Gasteiger partial charge is 0.418 e. The van der Waals surface area contributed by atoms with Gasteiger partial charge in [0.2, 0.25) is 0 Å². The second-order valence-corrected chi connectivity index (χ2v) is 7.82. The fourth-order valence-corrected chi connectivity index (χ4v) is 3.50. The summed E-state index contributed by atoms with van der Waals surface area (Å²) in [6.45, 7) is 0. The van der Waals surface area contributed by atoms with Crippen LogP contribution in [0.25, 0.3) is 23.0 Å². The highest BCUT2D eigenvalue weighted by Crippen LogP contribution is 2.35. The third-order valence-corrected chi connectivity index (χ3v) is 5.28. The molecule has 1 amide bonds. The van der Waals surface area contributed by atoms with Gasteiger partial charge in [-0.1, -0.05) is 54.1 Å². The lowest BCUT2D eigenvalue weighted by Crippen LogP contribution is -2.17. The number of halogens is 4. The van der Waals surface area contributed by atoms with Crippen molar-refractivity contribution >= 4 is 29.3 Å². The van der Waals surface area contributed by atoms with Crippen molar-refractivity contribution < 1.29 is 18.0 Å². The topological polar surface area (TPSA) is 70.7 Å². The number of nitrogens with zero attached hydrogens (tertiary/aromatic N) is 3. The molecular formula is C26H16ClF3N4O. The Bertz CT molecular complexity index is 1440. The SMILES string of the molecule is N#C/C(=C\c1cn(-c2ccccc2)nc1-c1ccc(Cl)cc1)C(=O)Nc1ccccc1C(F)(F)F. The molecule has 174 valence electrons. The molecule has 0 fully saturated rings. The maximum absolute atomic E-state index is 13.3. The molecule has 0 aliphatic heterocycles. The monoisotopic (exact) mass is 492 g/mol. The Balaban J connectivity index is 1.75. The first-order chi connectivity index (χ1) is 16.8. The van der Waals surface area contributed by atoms with Gasteiger partial charge in [-0.25, -0.2) is 4.68 Å². The van der Waals surface area contributed by atoms with Crippen LogP contribution in [-0.4, -0.2) is 15.7 Å². The van der Waals surface area contributed by atoms with E-state index in [0.717, 1.165) is 17.8 Å². The van der Waals surface area contributed by atoms with E-state index in [9.17, 15) is 23.2 Å². The van der Waals surface area contributed by atoms with Crippen LogP contribution in [0.5, 0.6) is 0 Å². The van der Waals surface area contributed by atoms with E-state index in [1.54, 1.807) is 41.2 Å². The Morgan fingerprint density at radius 2 is 1.66 bits per heavy atom. The number of alkyl halides is 3. The highest BCUT2D eigenvalue weighted by molar-refractivity contribution is 6.30. The van der Waals surface area contributed by atoms with E-state index in [1.807, 2.05) is 30.3 Å². The molecule has 1 N–H and O–H groups in total. The van der Waals surface area contributed by atoms with Crippen LogP contribution in [-0.2, 0) is 11.0 Å². The van der Waals surface area contributed by atoms with E-state index in [-0.39, 0.29) is 5.57 Å². The second kappa shape index (κ2) is 9.87. The van der Waals surface area contributed by atoms with Crippen LogP contribution in [0.3, 0.4) is 0 Å². The molecule has 4 rings (SSSR count). The number of hydrogen-bond acceptors (Lipinski definition) is 3. The lowest BCUT2D eigenvalue weighted by atomic mass is 10.1. The van der Waals surface area contributed by atoms with Crippen molar-refractivity contribution in [3.05, 3.63) is 107 Å². The van der Waals surface area contributed by atoms with Crippen molar-refractivity contribution in [1.29, 1.82) is 5.26 Å². The standard InChI is InChI=1S/C26H16ClF3N4O/c27-20-12-10-17(11-13-20)24-19(16-34(33-24)21-6-2-1-3-7-21)14-18(15-31)25(35)32-23-9-5-4-8-22(23)26(28,29)30/h1-14,16H,(H,32,35)/b18-14+. The van der Waals surface area contributed by atoms with E-state index in [1.165, 1.54) is 18.2 Å². The van der Waals surface area contributed by atoms with Crippen LogP contribution in [0, 0.1) is 11.3 Å². The summed E-state index contributed by atoms with van der Waals surface area (Å²) < 4.78 is 41.5. The number of para-hydroxylation sites is 2. The molecule has 0 unspecified atom stereocenters. The number of carbonyl (C=O) groups excluding carboxylic acids is 1. The number of nitriles is 1. The van der Waals surface area contributed by atoms with E-state index in [0.29, 0.717) is 21.8 Å². The van der Waals surface area contributed by atoms with Crippen molar-refractivity contribution in [1.82, 2.24) is 9.78 Å². The molecule has 0 aliphatic carbocycles. The summed E-state index contributed by atoms with van der Waals surface area (Å²) in [6, 6.07) is 22.4. The summed E-state index contributed by atoms with van der Waals surface area (Å²) in [5.41, 5.74) is 0.465. The number of hydrogen-bond donors (Lipinski definition) is 1. The maximum atomic E-state index is 13.3. The van der Waals surface area contributed by atoms with Gasteiger partial charge in [0.1, 0.15) is 11.6 Å². The number of nitrogens with one attached hydrogen (secondary N) is 1. The van der Waals surface area contributed by atoms with Gasteiger partial charge < -0.3 is 5.32 Å². The van der Waals surface area contributed by atoms with Gasteiger partial charge in [0.15, 0.2) is 0 Å². The summed E-state index contributed by atoms with van der Waals surface area (Å²) >= 11 is 6.00. The van der Waals surface area contributed by atoms with Gasteiger partial charge in [-0.05, 0) is 42.5 Å². The fourth-order valence-electron chi connectivity index (χ4n) is 3.37. The molecule has 0 saturated heterocycles. The van der Waals surface area contributed by atoms with Crippen LogP contribution in [0.15, 0.2) is 90.6 Å². The van der Waals surface area contributed by atoms with Gasteiger partial charge in [0.25, 0.3) is 5.91 Å². The molecule has 4 aromatic rings. The van der Waals surface area contributed by atoms with Crippen LogP contribution < -0.4 is 5.32 Å². The summed E-state index contributed by atoms with van der Waals surface area (Å²) in [5.74, 6) is -0.973. The predicted molar refractivity (Wildman–Crippen MR) is 128 cm³/mol. The molecule has 3 aromatic carbocycles. The average Bonchev–Trinajstić information content (AvgIpc) is 3.27. The quantitative estimate of drug-likeness (QED) is 0.247. The highest BCUT2D eigenvalue weighted by atomic mass is 35.5.